The number of fused-ring (bicyclic) bond motifs is 1. The Kier molecular flexibility index (Phi) is 6.61. The van der Waals surface area contributed by atoms with Crippen LogP contribution in [0.4, 0.5) is 17.1 Å². The molecule has 0 aliphatic heterocycles. The van der Waals surface area contributed by atoms with Crippen LogP contribution in [-0.2, 0) is 0 Å². The SMILES string of the molecule is c1ccc(-c2ccccc2-c2c(-c3ccccc3)cccc2N(c2ccccc2)c2ccc3ccccc3c2)cc1. The number of nitrogens with zero attached hydrogens (tertiary/aromatic N) is 1. The quantitative estimate of drug-likeness (QED) is 0.209. The van der Waals surface area contributed by atoms with Crippen molar-refractivity contribution in [3.8, 4) is 33.4 Å². The van der Waals surface area contributed by atoms with Crippen LogP contribution in [0.5, 0.6) is 0 Å². The highest BCUT2D eigenvalue weighted by Crippen LogP contribution is 2.48. The van der Waals surface area contributed by atoms with Crippen molar-refractivity contribution in [2.45, 2.75) is 0 Å². The molecule has 1 heteroatoms. The van der Waals surface area contributed by atoms with Gasteiger partial charge in [0.15, 0.2) is 0 Å². The van der Waals surface area contributed by atoms with E-state index < -0.39 is 0 Å². The molecule has 7 aromatic carbocycles. The average molecular weight is 524 g/mol. The second kappa shape index (κ2) is 11.0. The highest BCUT2D eigenvalue weighted by molar-refractivity contribution is 6.01. The monoisotopic (exact) mass is 523 g/mol. The Bertz CT molecular complexity index is 1930. The van der Waals surface area contributed by atoms with Gasteiger partial charge in [0.05, 0.1) is 5.69 Å². The summed E-state index contributed by atoms with van der Waals surface area (Å²) in [6, 6.07) is 62.9. The molecule has 0 bridgehead atoms. The first-order chi connectivity index (χ1) is 20.4. The fourth-order valence-corrected chi connectivity index (χ4v) is 5.76. The summed E-state index contributed by atoms with van der Waals surface area (Å²) < 4.78 is 0. The summed E-state index contributed by atoms with van der Waals surface area (Å²) in [4.78, 5) is 2.40. The summed E-state index contributed by atoms with van der Waals surface area (Å²) in [5.74, 6) is 0. The van der Waals surface area contributed by atoms with Gasteiger partial charge in [-0.3, -0.25) is 0 Å². The van der Waals surface area contributed by atoms with Crippen molar-refractivity contribution in [2.24, 2.45) is 0 Å². The van der Waals surface area contributed by atoms with Crippen LogP contribution < -0.4 is 4.90 Å². The molecule has 194 valence electrons. The smallest absolute Gasteiger partial charge is 0.0546 e. The van der Waals surface area contributed by atoms with Crippen LogP contribution in [0.1, 0.15) is 0 Å². The van der Waals surface area contributed by atoms with Gasteiger partial charge in [-0.05, 0) is 68.9 Å². The minimum atomic E-state index is 1.12. The number of para-hydroxylation sites is 1. The van der Waals surface area contributed by atoms with E-state index in [-0.39, 0.29) is 0 Å². The predicted molar refractivity (Wildman–Crippen MR) is 175 cm³/mol. The zero-order valence-electron chi connectivity index (χ0n) is 22.7. The summed E-state index contributed by atoms with van der Waals surface area (Å²) in [5, 5.41) is 2.45. The van der Waals surface area contributed by atoms with E-state index in [1.54, 1.807) is 0 Å². The molecule has 0 fully saturated rings. The molecule has 41 heavy (non-hydrogen) atoms. The van der Waals surface area contributed by atoms with Gasteiger partial charge in [0.1, 0.15) is 0 Å². The lowest BCUT2D eigenvalue weighted by atomic mass is 9.87. The number of anilines is 3. The van der Waals surface area contributed by atoms with Gasteiger partial charge in [-0.1, -0.05) is 146 Å². The topological polar surface area (TPSA) is 3.24 Å². The minimum absolute atomic E-state index is 1.12. The van der Waals surface area contributed by atoms with E-state index >= 15 is 0 Å². The molecule has 0 unspecified atom stereocenters. The van der Waals surface area contributed by atoms with Crippen molar-refractivity contribution in [3.05, 3.63) is 176 Å². The van der Waals surface area contributed by atoms with E-state index in [0.717, 1.165) is 17.1 Å². The third-order valence-corrected chi connectivity index (χ3v) is 7.65. The lowest BCUT2D eigenvalue weighted by Crippen LogP contribution is -2.12. The van der Waals surface area contributed by atoms with Crippen LogP contribution in [0, 0.1) is 0 Å². The van der Waals surface area contributed by atoms with Gasteiger partial charge in [0, 0.05) is 16.9 Å². The van der Waals surface area contributed by atoms with Crippen LogP contribution in [0.2, 0.25) is 0 Å². The molecular formula is C40H29N. The van der Waals surface area contributed by atoms with E-state index in [4.69, 9.17) is 0 Å². The lowest BCUT2D eigenvalue weighted by Gasteiger charge is -2.30. The summed E-state index contributed by atoms with van der Waals surface area (Å²) in [5.41, 5.74) is 10.6. The van der Waals surface area contributed by atoms with Crippen molar-refractivity contribution < 1.29 is 0 Å². The average Bonchev–Trinajstić information content (AvgIpc) is 3.06. The summed E-state index contributed by atoms with van der Waals surface area (Å²) in [7, 11) is 0. The molecule has 0 atom stereocenters. The first-order valence-corrected chi connectivity index (χ1v) is 14.0. The Morgan fingerprint density at radius 2 is 0.854 bits per heavy atom. The maximum absolute atomic E-state index is 2.40. The summed E-state index contributed by atoms with van der Waals surface area (Å²) in [6.45, 7) is 0. The molecule has 0 saturated carbocycles. The van der Waals surface area contributed by atoms with Gasteiger partial charge in [-0.2, -0.15) is 0 Å². The molecular weight excluding hydrogens is 494 g/mol. The molecule has 0 N–H and O–H groups in total. The number of rotatable bonds is 6. The van der Waals surface area contributed by atoms with E-state index in [0.29, 0.717) is 0 Å². The minimum Gasteiger partial charge on any atom is -0.310 e. The van der Waals surface area contributed by atoms with Crippen LogP contribution >= 0.6 is 0 Å². The van der Waals surface area contributed by atoms with Crippen LogP contribution in [0.15, 0.2) is 176 Å². The Hall–Kier alpha value is -5.40. The fourth-order valence-electron chi connectivity index (χ4n) is 5.76. The predicted octanol–water partition coefficient (Wildman–Crippen LogP) is 11.3. The van der Waals surface area contributed by atoms with Gasteiger partial charge >= 0.3 is 0 Å². The van der Waals surface area contributed by atoms with Crippen LogP contribution in [0.25, 0.3) is 44.2 Å². The molecule has 0 aromatic heterocycles. The molecule has 7 aromatic rings. The summed E-state index contributed by atoms with van der Waals surface area (Å²) >= 11 is 0. The largest absolute Gasteiger partial charge is 0.310 e. The third-order valence-electron chi connectivity index (χ3n) is 7.65. The normalized spacial score (nSPS) is 10.9. The molecule has 7 rings (SSSR count). The van der Waals surface area contributed by atoms with Gasteiger partial charge in [0.2, 0.25) is 0 Å². The number of benzene rings is 7. The van der Waals surface area contributed by atoms with E-state index in [1.165, 1.54) is 44.2 Å². The standard InChI is InChI=1S/C40H29N/c1-4-16-31(17-5-1)36-23-12-13-24-38(36)40-37(32-18-6-2-7-19-32)25-14-26-39(40)41(34-21-8-3-9-22-34)35-28-27-30-15-10-11-20-33(30)29-35/h1-29H. The van der Waals surface area contributed by atoms with Crippen molar-refractivity contribution >= 4 is 27.8 Å². The fraction of sp³-hybridized carbons (Fsp3) is 0. The van der Waals surface area contributed by atoms with Crippen LogP contribution in [0.3, 0.4) is 0 Å². The number of hydrogen-bond acceptors (Lipinski definition) is 1. The first-order valence-electron chi connectivity index (χ1n) is 14.0. The van der Waals surface area contributed by atoms with Gasteiger partial charge in [-0.25, -0.2) is 0 Å². The Morgan fingerprint density at radius 3 is 1.56 bits per heavy atom. The van der Waals surface area contributed by atoms with Crippen LogP contribution in [-0.4, -0.2) is 0 Å². The highest BCUT2D eigenvalue weighted by atomic mass is 15.1. The third kappa shape index (κ3) is 4.79. The molecule has 0 heterocycles. The summed E-state index contributed by atoms with van der Waals surface area (Å²) in [6.07, 6.45) is 0. The molecule has 0 spiro atoms. The molecule has 0 amide bonds. The zero-order valence-corrected chi connectivity index (χ0v) is 22.7. The Morgan fingerprint density at radius 1 is 0.317 bits per heavy atom. The Balaban J connectivity index is 1.56. The molecule has 1 nitrogen and oxygen atoms in total. The van der Waals surface area contributed by atoms with Gasteiger partial charge in [-0.15, -0.1) is 0 Å². The van der Waals surface area contributed by atoms with E-state index in [1.807, 2.05) is 0 Å². The number of hydrogen-bond donors (Lipinski definition) is 0. The van der Waals surface area contributed by atoms with Gasteiger partial charge in [0.25, 0.3) is 0 Å². The Labute approximate surface area is 241 Å². The van der Waals surface area contributed by atoms with Crippen molar-refractivity contribution in [1.82, 2.24) is 0 Å². The second-order valence-corrected chi connectivity index (χ2v) is 10.2. The first kappa shape index (κ1) is 24.6. The van der Waals surface area contributed by atoms with Crippen molar-refractivity contribution in [2.75, 3.05) is 4.90 Å². The van der Waals surface area contributed by atoms with E-state index in [9.17, 15) is 0 Å². The molecule has 0 radical (unpaired) electrons. The van der Waals surface area contributed by atoms with Crippen molar-refractivity contribution in [1.29, 1.82) is 0 Å². The molecule has 0 saturated heterocycles. The second-order valence-electron chi connectivity index (χ2n) is 10.2. The van der Waals surface area contributed by atoms with Gasteiger partial charge < -0.3 is 4.90 Å². The lowest BCUT2D eigenvalue weighted by molar-refractivity contribution is 1.29. The van der Waals surface area contributed by atoms with E-state index in [2.05, 4.69) is 181 Å². The maximum atomic E-state index is 2.40. The van der Waals surface area contributed by atoms with Crippen molar-refractivity contribution in [3.63, 3.8) is 0 Å². The molecule has 0 aliphatic carbocycles. The maximum Gasteiger partial charge on any atom is 0.0546 e. The molecule has 0 aliphatic rings. The highest BCUT2D eigenvalue weighted by Gasteiger charge is 2.22. The zero-order chi connectivity index (χ0) is 27.4.